The predicted molar refractivity (Wildman–Crippen MR) is 53.3 cm³/mol. The minimum absolute atomic E-state index is 0.135. The maximum absolute atomic E-state index is 5.85. The summed E-state index contributed by atoms with van der Waals surface area (Å²) < 4.78 is 0. The molecule has 0 saturated carbocycles. The first kappa shape index (κ1) is 9.86. The number of nitrogens with zero attached hydrogens (tertiary/aromatic N) is 2. The molecule has 13 heavy (non-hydrogen) atoms. The van der Waals surface area contributed by atoms with Gasteiger partial charge in [-0.25, -0.2) is 0 Å². The molecule has 0 spiro atoms. The van der Waals surface area contributed by atoms with Crippen molar-refractivity contribution in [3.63, 3.8) is 0 Å². The van der Waals surface area contributed by atoms with Gasteiger partial charge in [0.05, 0.1) is 11.4 Å². The number of nitrogens with two attached hydrogens (primary N) is 1. The molecule has 0 aliphatic carbocycles. The normalized spacial score (nSPS) is 12.5. The highest BCUT2D eigenvalue weighted by Crippen LogP contribution is 2.15. The zero-order chi connectivity index (χ0) is 9.84. The third kappa shape index (κ3) is 2.12. The summed E-state index contributed by atoms with van der Waals surface area (Å²) in [5, 5.41) is 8.08. The van der Waals surface area contributed by atoms with Gasteiger partial charge in [0.15, 0.2) is 0 Å². The molecule has 3 heteroatoms. The molecule has 0 bridgehead atoms. The van der Waals surface area contributed by atoms with E-state index in [1.54, 1.807) is 6.08 Å². The molecule has 70 valence electrons. The Kier molecular flexibility index (Phi) is 3.14. The molecule has 1 atom stereocenters. The lowest BCUT2D eigenvalue weighted by atomic mass is 10.0. The molecule has 3 nitrogen and oxygen atoms in total. The summed E-state index contributed by atoms with van der Waals surface area (Å²) in [6, 6.07) is 1.84. The van der Waals surface area contributed by atoms with Crippen molar-refractivity contribution in [3.8, 4) is 0 Å². The number of hydrogen-bond donors (Lipinski definition) is 1. The van der Waals surface area contributed by atoms with Gasteiger partial charge in [0.1, 0.15) is 0 Å². The molecular weight excluding hydrogens is 162 g/mol. The van der Waals surface area contributed by atoms with E-state index in [4.69, 9.17) is 5.73 Å². The molecule has 0 saturated heterocycles. The average Bonchev–Trinajstić information content (AvgIpc) is 2.16. The molecule has 0 amide bonds. The van der Waals surface area contributed by atoms with Crippen LogP contribution in [0.4, 0.5) is 0 Å². The van der Waals surface area contributed by atoms with Crippen LogP contribution in [0.5, 0.6) is 0 Å². The van der Waals surface area contributed by atoms with Crippen LogP contribution in [0, 0.1) is 6.92 Å². The number of aryl methyl sites for hydroxylation is 2. The van der Waals surface area contributed by atoms with E-state index in [2.05, 4.69) is 16.8 Å². The topological polar surface area (TPSA) is 51.8 Å². The van der Waals surface area contributed by atoms with Gasteiger partial charge in [0, 0.05) is 6.04 Å². The van der Waals surface area contributed by atoms with Gasteiger partial charge in [-0.2, -0.15) is 10.2 Å². The van der Waals surface area contributed by atoms with Crippen LogP contribution < -0.4 is 5.73 Å². The third-order valence-electron chi connectivity index (χ3n) is 1.97. The molecule has 0 aromatic carbocycles. The van der Waals surface area contributed by atoms with E-state index in [9.17, 15) is 0 Å². The minimum atomic E-state index is -0.135. The third-order valence-corrected chi connectivity index (χ3v) is 1.97. The van der Waals surface area contributed by atoms with E-state index in [-0.39, 0.29) is 6.04 Å². The standard InChI is InChI=1S/C10H15N3/c1-4-9(11)8-6-7(3)12-13-10(8)5-2/h4,6,9H,1,5,11H2,2-3H3. The lowest BCUT2D eigenvalue weighted by molar-refractivity contribution is 0.807. The lowest BCUT2D eigenvalue weighted by Gasteiger charge is -2.10. The van der Waals surface area contributed by atoms with E-state index >= 15 is 0 Å². The van der Waals surface area contributed by atoms with Gasteiger partial charge in [-0.15, -0.1) is 6.58 Å². The SMILES string of the molecule is C=CC(N)c1cc(C)nnc1CC. The Morgan fingerprint density at radius 3 is 2.85 bits per heavy atom. The van der Waals surface area contributed by atoms with Crippen molar-refractivity contribution in [1.29, 1.82) is 0 Å². The lowest BCUT2D eigenvalue weighted by Crippen LogP contribution is -2.12. The molecule has 0 aliphatic heterocycles. The van der Waals surface area contributed by atoms with Crippen LogP contribution in [-0.2, 0) is 6.42 Å². The van der Waals surface area contributed by atoms with E-state index in [0.717, 1.165) is 23.4 Å². The highest BCUT2D eigenvalue weighted by atomic mass is 15.1. The Morgan fingerprint density at radius 2 is 2.31 bits per heavy atom. The zero-order valence-corrected chi connectivity index (χ0v) is 8.12. The molecule has 2 N–H and O–H groups in total. The summed E-state index contributed by atoms with van der Waals surface area (Å²) in [7, 11) is 0. The van der Waals surface area contributed by atoms with Crippen molar-refractivity contribution < 1.29 is 0 Å². The Balaban J connectivity index is 3.14. The van der Waals surface area contributed by atoms with Gasteiger partial charge in [0.2, 0.25) is 0 Å². The molecule has 0 fully saturated rings. The summed E-state index contributed by atoms with van der Waals surface area (Å²) in [6.07, 6.45) is 2.57. The van der Waals surface area contributed by atoms with Gasteiger partial charge in [-0.3, -0.25) is 0 Å². The van der Waals surface area contributed by atoms with Gasteiger partial charge >= 0.3 is 0 Å². The first-order chi connectivity index (χ1) is 6.19. The molecule has 1 unspecified atom stereocenters. The molecule has 1 rings (SSSR count). The Hall–Kier alpha value is -1.22. The largest absolute Gasteiger partial charge is 0.321 e. The van der Waals surface area contributed by atoms with Crippen LogP contribution >= 0.6 is 0 Å². The van der Waals surface area contributed by atoms with Crippen LogP contribution in [0.3, 0.4) is 0 Å². The Labute approximate surface area is 78.7 Å². The van der Waals surface area contributed by atoms with E-state index in [0.29, 0.717) is 0 Å². The summed E-state index contributed by atoms with van der Waals surface area (Å²) in [4.78, 5) is 0. The van der Waals surface area contributed by atoms with Crippen molar-refractivity contribution in [1.82, 2.24) is 10.2 Å². The Morgan fingerprint density at radius 1 is 1.62 bits per heavy atom. The van der Waals surface area contributed by atoms with Gasteiger partial charge in [-0.05, 0) is 25.0 Å². The predicted octanol–water partition coefficient (Wildman–Crippen LogP) is 1.53. The average molecular weight is 177 g/mol. The van der Waals surface area contributed by atoms with Crippen LogP contribution in [0.2, 0.25) is 0 Å². The molecule has 0 aliphatic rings. The summed E-state index contributed by atoms with van der Waals surface area (Å²) in [6.45, 7) is 7.62. The first-order valence-electron chi connectivity index (χ1n) is 4.40. The maximum Gasteiger partial charge on any atom is 0.0679 e. The Bertz CT molecular complexity index is 307. The molecule has 0 radical (unpaired) electrons. The molecular formula is C10H15N3. The smallest absolute Gasteiger partial charge is 0.0679 e. The number of aromatic nitrogens is 2. The second-order valence-electron chi connectivity index (χ2n) is 3.00. The summed E-state index contributed by atoms with van der Waals surface area (Å²) in [5.41, 5.74) is 8.74. The minimum Gasteiger partial charge on any atom is -0.321 e. The van der Waals surface area contributed by atoms with Crippen molar-refractivity contribution in [2.75, 3.05) is 0 Å². The number of hydrogen-bond acceptors (Lipinski definition) is 3. The van der Waals surface area contributed by atoms with Crippen LogP contribution in [0.1, 0.15) is 29.9 Å². The van der Waals surface area contributed by atoms with Crippen LogP contribution in [-0.4, -0.2) is 10.2 Å². The highest BCUT2D eigenvalue weighted by molar-refractivity contribution is 5.27. The monoisotopic (exact) mass is 177 g/mol. The van der Waals surface area contributed by atoms with Crippen molar-refractivity contribution in [2.45, 2.75) is 26.3 Å². The summed E-state index contributed by atoms with van der Waals surface area (Å²) >= 11 is 0. The quantitative estimate of drug-likeness (QED) is 0.712. The van der Waals surface area contributed by atoms with Crippen molar-refractivity contribution >= 4 is 0 Å². The fourth-order valence-corrected chi connectivity index (χ4v) is 1.22. The van der Waals surface area contributed by atoms with Gasteiger partial charge in [-0.1, -0.05) is 13.0 Å². The zero-order valence-electron chi connectivity index (χ0n) is 8.12. The van der Waals surface area contributed by atoms with Gasteiger partial charge < -0.3 is 5.73 Å². The van der Waals surface area contributed by atoms with Crippen molar-refractivity contribution in [2.24, 2.45) is 5.73 Å². The molecule has 1 heterocycles. The van der Waals surface area contributed by atoms with Gasteiger partial charge in [0.25, 0.3) is 0 Å². The highest BCUT2D eigenvalue weighted by Gasteiger charge is 2.08. The van der Waals surface area contributed by atoms with E-state index < -0.39 is 0 Å². The molecule has 1 aromatic rings. The van der Waals surface area contributed by atoms with Crippen LogP contribution in [0.25, 0.3) is 0 Å². The summed E-state index contributed by atoms with van der Waals surface area (Å²) in [5.74, 6) is 0. The van der Waals surface area contributed by atoms with E-state index in [1.807, 2.05) is 19.9 Å². The van der Waals surface area contributed by atoms with E-state index in [1.165, 1.54) is 0 Å². The first-order valence-corrected chi connectivity index (χ1v) is 4.40. The second-order valence-corrected chi connectivity index (χ2v) is 3.00. The van der Waals surface area contributed by atoms with Crippen LogP contribution in [0.15, 0.2) is 18.7 Å². The van der Waals surface area contributed by atoms with Crippen molar-refractivity contribution in [3.05, 3.63) is 35.7 Å². The fraction of sp³-hybridized carbons (Fsp3) is 0.400. The molecule has 1 aromatic heterocycles. The second kappa shape index (κ2) is 4.14. The fourth-order valence-electron chi connectivity index (χ4n) is 1.22. The number of rotatable bonds is 3. The maximum atomic E-state index is 5.85.